The lowest BCUT2D eigenvalue weighted by Gasteiger charge is -2.33. The summed E-state index contributed by atoms with van der Waals surface area (Å²) in [6, 6.07) is 12.7. The highest BCUT2D eigenvalue weighted by atomic mass is 32.1. The third kappa shape index (κ3) is 5.45. The number of carbonyl (C=O) groups is 2. The SMILES string of the molecule is CC(C)Cc1ccc(C(=O)C2CCN(CC(=O)N3CCCC3c3cccs3)CC2)cc1. The maximum atomic E-state index is 13.0. The van der Waals surface area contributed by atoms with Crippen LogP contribution in [0, 0.1) is 11.8 Å². The Morgan fingerprint density at radius 2 is 1.77 bits per heavy atom. The van der Waals surface area contributed by atoms with E-state index in [0.29, 0.717) is 12.5 Å². The average molecular weight is 439 g/mol. The van der Waals surface area contributed by atoms with E-state index in [1.54, 1.807) is 11.3 Å². The topological polar surface area (TPSA) is 40.6 Å². The molecule has 1 aromatic carbocycles. The summed E-state index contributed by atoms with van der Waals surface area (Å²) in [6.45, 7) is 7.42. The van der Waals surface area contributed by atoms with Crippen molar-refractivity contribution in [3.8, 4) is 0 Å². The smallest absolute Gasteiger partial charge is 0.237 e. The number of carbonyl (C=O) groups excluding carboxylic acids is 2. The Hall–Kier alpha value is -1.98. The minimum atomic E-state index is 0.0768. The zero-order chi connectivity index (χ0) is 21.8. The number of hydrogen-bond acceptors (Lipinski definition) is 4. The lowest BCUT2D eigenvalue weighted by atomic mass is 9.88. The van der Waals surface area contributed by atoms with Crippen molar-refractivity contribution < 1.29 is 9.59 Å². The van der Waals surface area contributed by atoms with Gasteiger partial charge in [0.2, 0.25) is 5.91 Å². The fourth-order valence-corrected chi connectivity index (χ4v) is 5.86. The molecule has 166 valence electrons. The molecule has 1 unspecified atom stereocenters. The molecule has 1 amide bonds. The number of nitrogens with zero attached hydrogens (tertiary/aromatic N) is 2. The standard InChI is InChI=1S/C26H34N2O2S/c1-19(2)17-20-7-9-21(10-8-20)26(30)22-11-14-27(15-12-22)18-25(29)28-13-3-5-23(28)24-6-4-16-31-24/h4,6-10,16,19,22-23H,3,5,11-15,17-18H2,1-2H3. The van der Waals surface area contributed by atoms with Crippen LogP contribution in [-0.2, 0) is 11.2 Å². The molecule has 2 aromatic rings. The number of hydrogen-bond donors (Lipinski definition) is 0. The normalized spacial score (nSPS) is 20.5. The highest BCUT2D eigenvalue weighted by Crippen LogP contribution is 2.34. The molecule has 2 aliphatic heterocycles. The maximum Gasteiger partial charge on any atom is 0.237 e. The molecule has 2 aliphatic rings. The van der Waals surface area contributed by atoms with E-state index in [1.165, 1.54) is 10.4 Å². The molecule has 0 spiro atoms. The summed E-state index contributed by atoms with van der Waals surface area (Å²) in [6.07, 6.45) is 4.88. The Morgan fingerprint density at radius 1 is 1.03 bits per heavy atom. The lowest BCUT2D eigenvalue weighted by molar-refractivity contribution is -0.133. The summed E-state index contributed by atoms with van der Waals surface area (Å²) in [5.74, 6) is 1.20. The second-order valence-electron chi connectivity index (χ2n) is 9.47. The van der Waals surface area contributed by atoms with Gasteiger partial charge in [0.05, 0.1) is 12.6 Å². The van der Waals surface area contributed by atoms with Crippen LogP contribution >= 0.6 is 11.3 Å². The molecule has 4 nitrogen and oxygen atoms in total. The number of ketones is 1. The number of piperidine rings is 1. The largest absolute Gasteiger partial charge is 0.334 e. The molecule has 1 atom stereocenters. The molecule has 1 aromatic heterocycles. The van der Waals surface area contributed by atoms with E-state index < -0.39 is 0 Å². The Bertz CT molecular complexity index is 867. The summed E-state index contributed by atoms with van der Waals surface area (Å²) in [5, 5.41) is 2.09. The van der Waals surface area contributed by atoms with E-state index >= 15 is 0 Å². The molecule has 2 saturated heterocycles. The van der Waals surface area contributed by atoms with Gasteiger partial charge in [-0.1, -0.05) is 44.2 Å². The first kappa shape index (κ1) is 22.2. The first-order chi connectivity index (χ1) is 15.0. The van der Waals surface area contributed by atoms with E-state index in [2.05, 4.69) is 53.3 Å². The van der Waals surface area contributed by atoms with Crippen LogP contribution in [0.1, 0.15) is 66.4 Å². The predicted molar refractivity (Wildman–Crippen MR) is 126 cm³/mol. The highest BCUT2D eigenvalue weighted by molar-refractivity contribution is 7.10. The van der Waals surface area contributed by atoms with Crippen LogP contribution in [0.25, 0.3) is 0 Å². The van der Waals surface area contributed by atoms with Crippen molar-refractivity contribution in [3.63, 3.8) is 0 Å². The van der Waals surface area contributed by atoms with Crippen molar-refractivity contribution in [2.24, 2.45) is 11.8 Å². The Kier molecular flexibility index (Phi) is 7.24. The van der Waals surface area contributed by atoms with Gasteiger partial charge in [-0.3, -0.25) is 14.5 Å². The molecular weight excluding hydrogens is 404 g/mol. The first-order valence-corrected chi connectivity index (χ1v) is 12.6. The maximum absolute atomic E-state index is 13.0. The molecule has 0 N–H and O–H groups in total. The van der Waals surface area contributed by atoms with Crippen LogP contribution < -0.4 is 0 Å². The minimum Gasteiger partial charge on any atom is -0.334 e. The number of likely N-dealkylation sites (tertiary alicyclic amines) is 2. The van der Waals surface area contributed by atoms with Crippen molar-refractivity contribution in [1.29, 1.82) is 0 Å². The fourth-order valence-electron chi connectivity index (χ4n) is 4.99. The summed E-state index contributed by atoms with van der Waals surface area (Å²) in [4.78, 5) is 31.5. The van der Waals surface area contributed by atoms with E-state index in [1.807, 2.05) is 12.1 Å². The van der Waals surface area contributed by atoms with Crippen LogP contribution in [0.4, 0.5) is 0 Å². The van der Waals surface area contributed by atoms with Gasteiger partial charge in [0.1, 0.15) is 0 Å². The molecule has 3 heterocycles. The second-order valence-corrected chi connectivity index (χ2v) is 10.4. The van der Waals surface area contributed by atoms with Crippen LogP contribution in [0.15, 0.2) is 41.8 Å². The van der Waals surface area contributed by atoms with Crippen molar-refractivity contribution in [1.82, 2.24) is 9.80 Å². The molecule has 31 heavy (non-hydrogen) atoms. The Balaban J connectivity index is 1.27. The number of thiophene rings is 1. The van der Waals surface area contributed by atoms with Gasteiger partial charge in [-0.05, 0) is 68.1 Å². The van der Waals surface area contributed by atoms with Crippen LogP contribution in [0.5, 0.6) is 0 Å². The van der Waals surface area contributed by atoms with Gasteiger partial charge in [-0.2, -0.15) is 0 Å². The quantitative estimate of drug-likeness (QED) is 0.558. The number of benzene rings is 1. The van der Waals surface area contributed by atoms with Gasteiger partial charge in [0.15, 0.2) is 5.78 Å². The first-order valence-electron chi connectivity index (χ1n) is 11.7. The Morgan fingerprint density at radius 3 is 2.42 bits per heavy atom. The molecule has 2 fully saturated rings. The second kappa shape index (κ2) is 10.1. The number of Topliss-reactive ketones (excluding diaryl/α,β-unsaturated/α-hetero) is 1. The highest BCUT2D eigenvalue weighted by Gasteiger charge is 2.33. The van der Waals surface area contributed by atoms with Gasteiger partial charge < -0.3 is 4.90 Å². The lowest BCUT2D eigenvalue weighted by Crippen LogP contribution is -2.44. The Labute approximate surface area is 190 Å². The van der Waals surface area contributed by atoms with E-state index in [0.717, 1.165) is 57.3 Å². The van der Waals surface area contributed by atoms with Gasteiger partial charge in [-0.15, -0.1) is 11.3 Å². The van der Waals surface area contributed by atoms with E-state index in [9.17, 15) is 9.59 Å². The van der Waals surface area contributed by atoms with Gasteiger partial charge in [0, 0.05) is 22.9 Å². The number of amides is 1. The summed E-state index contributed by atoms with van der Waals surface area (Å²) in [7, 11) is 0. The van der Waals surface area contributed by atoms with E-state index in [-0.39, 0.29) is 23.7 Å². The van der Waals surface area contributed by atoms with E-state index in [4.69, 9.17) is 0 Å². The monoisotopic (exact) mass is 438 g/mol. The summed E-state index contributed by atoms with van der Waals surface area (Å²) in [5.41, 5.74) is 2.13. The van der Waals surface area contributed by atoms with Crippen molar-refractivity contribution in [2.45, 2.75) is 52.0 Å². The molecule has 0 aliphatic carbocycles. The molecule has 0 saturated carbocycles. The van der Waals surface area contributed by atoms with Gasteiger partial charge in [0.25, 0.3) is 0 Å². The molecular formula is C26H34N2O2S. The zero-order valence-corrected chi connectivity index (χ0v) is 19.6. The summed E-state index contributed by atoms with van der Waals surface area (Å²) < 4.78 is 0. The molecule has 0 radical (unpaired) electrons. The minimum absolute atomic E-state index is 0.0768. The predicted octanol–water partition coefficient (Wildman–Crippen LogP) is 5.21. The van der Waals surface area contributed by atoms with Gasteiger partial charge >= 0.3 is 0 Å². The molecule has 0 bridgehead atoms. The van der Waals surface area contributed by atoms with Crippen LogP contribution in [-0.4, -0.2) is 47.7 Å². The fraction of sp³-hybridized carbons (Fsp3) is 0.538. The van der Waals surface area contributed by atoms with Crippen molar-refractivity contribution in [3.05, 3.63) is 57.8 Å². The van der Waals surface area contributed by atoms with Gasteiger partial charge in [-0.25, -0.2) is 0 Å². The third-order valence-corrected chi connectivity index (χ3v) is 7.62. The summed E-state index contributed by atoms with van der Waals surface area (Å²) >= 11 is 1.75. The third-order valence-electron chi connectivity index (χ3n) is 6.64. The molecule has 4 rings (SSSR count). The van der Waals surface area contributed by atoms with Crippen molar-refractivity contribution >= 4 is 23.0 Å². The number of rotatable bonds is 7. The zero-order valence-electron chi connectivity index (χ0n) is 18.8. The van der Waals surface area contributed by atoms with Crippen LogP contribution in [0.2, 0.25) is 0 Å². The van der Waals surface area contributed by atoms with Crippen molar-refractivity contribution in [2.75, 3.05) is 26.2 Å². The van der Waals surface area contributed by atoms with Crippen LogP contribution in [0.3, 0.4) is 0 Å². The average Bonchev–Trinajstić information content (AvgIpc) is 3.45. The molecule has 5 heteroatoms.